The number of benzene rings is 2. The first kappa shape index (κ1) is 14.6. The lowest BCUT2D eigenvalue weighted by molar-refractivity contribution is -0.115. The normalized spacial score (nSPS) is 14.1. The molecule has 1 heterocycles. The predicted octanol–water partition coefficient (Wildman–Crippen LogP) is 2.54. The SMILES string of the molecule is Cc1ccc(NC(=O)CN2CCNCc3ccccc32)cc1. The van der Waals surface area contributed by atoms with E-state index >= 15 is 0 Å². The molecule has 0 saturated carbocycles. The molecule has 22 heavy (non-hydrogen) atoms. The summed E-state index contributed by atoms with van der Waals surface area (Å²) in [4.78, 5) is 14.5. The molecule has 0 saturated heterocycles. The average Bonchev–Trinajstić information content (AvgIpc) is 2.72. The number of carbonyl (C=O) groups is 1. The first-order valence-electron chi connectivity index (χ1n) is 7.62. The summed E-state index contributed by atoms with van der Waals surface area (Å²) >= 11 is 0. The summed E-state index contributed by atoms with van der Waals surface area (Å²) in [7, 11) is 0. The van der Waals surface area contributed by atoms with Crippen molar-refractivity contribution in [1.82, 2.24) is 5.32 Å². The number of hydrogen-bond acceptors (Lipinski definition) is 3. The van der Waals surface area contributed by atoms with E-state index in [4.69, 9.17) is 0 Å². The molecule has 0 bridgehead atoms. The molecule has 1 aliphatic rings. The van der Waals surface area contributed by atoms with Crippen LogP contribution in [0.4, 0.5) is 11.4 Å². The molecule has 4 nitrogen and oxygen atoms in total. The van der Waals surface area contributed by atoms with Gasteiger partial charge in [-0.25, -0.2) is 0 Å². The topological polar surface area (TPSA) is 44.4 Å². The Morgan fingerprint density at radius 1 is 1.18 bits per heavy atom. The Hall–Kier alpha value is -2.33. The maximum atomic E-state index is 12.3. The predicted molar refractivity (Wildman–Crippen MR) is 90.2 cm³/mol. The van der Waals surface area contributed by atoms with Gasteiger partial charge < -0.3 is 15.5 Å². The first-order chi connectivity index (χ1) is 10.7. The lowest BCUT2D eigenvalue weighted by Gasteiger charge is -2.23. The summed E-state index contributed by atoms with van der Waals surface area (Å²) in [6, 6.07) is 16.1. The van der Waals surface area contributed by atoms with Gasteiger partial charge in [0.2, 0.25) is 5.91 Å². The van der Waals surface area contributed by atoms with Gasteiger partial charge in [0.25, 0.3) is 0 Å². The van der Waals surface area contributed by atoms with E-state index in [9.17, 15) is 4.79 Å². The summed E-state index contributed by atoms with van der Waals surface area (Å²) < 4.78 is 0. The van der Waals surface area contributed by atoms with Gasteiger partial charge in [0, 0.05) is 31.0 Å². The van der Waals surface area contributed by atoms with E-state index < -0.39 is 0 Å². The third-order valence-corrected chi connectivity index (χ3v) is 3.88. The van der Waals surface area contributed by atoms with Gasteiger partial charge in [-0.15, -0.1) is 0 Å². The average molecular weight is 295 g/mol. The van der Waals surface area contributed by atoms with Crippen LogP contribution in [-0.2, 0) is 11.3 Å². The molecule has 4 heteroatoms. The van der Waals surface area contributed by atoms with Crippen molar-refractivity contribution in [3.8, 4) is 0 Å². The van der Waals surface area contributed by atoms with Gasteiger partial charge in [0.1, 0.15) is 0 Å². The molecular formula is C18H21N3O. The third kappa shape index (κ3) is 3.46. The number of para-hydroxylation sites is 1. The van der Waals surface area contributed by atoms with Crippen LogP contribution in [0.2, 0.25) is 0 Å². The number of fused-ring (bicyclic) bond motifs is 1. The highest BCUT2D eigenvalue weighted by molar-refractivity contribution is 5.94. The molecular weight excluding hydrogens is 274 g/mol. The van der Waals surface area contributed by atoms with E-state index in [2.05, 4.69) is 27.7 Å². The molecule has 0 spiro atoms. The van der Waals surface area contributed by atoms with Gasteiger partial charge >= 0.3 is 0 Å². The lowest BCUT2D eigenvalue weighted by atomic mass is 10.1. The van der Waals surface area contributed by atoms with Crippen molar-refractivity contribution < 1.29 is 4.79 Å². The number of amides is 1. The van der Waals surface area contributed by atoms with E-state index in [-0.39, 0.29) is 5.91 Å². The van der Waals surface area contributed by atoms with E-state index in [1.54, 1.807) is 0 Å². The van der Waals surface area contributed by atoms with Crippen LogP contribution in [0.1, 0.15) is 11.1 Å². The molecule has 2 aromatic carbocycles. The second kappa shape index (κ2) is 6.62. The standard InChI is InChI=1S/C18H21N3O/c1-14-6-8-16(9-7-14)20-18(22)13-21-11-10-19-12-15-4-2-3-5-17(15)21/h2-9,19H,10-13H2,1H3,(H,20,22). The second-order valence-electron chi connectivity index (χ2n) is 5.64. The highest BCUT2D eigenvalue weighted by Gasteiger charge is 2.17. The number of carbonyl (C=O) groups excluding carboxylic acids is 1. The molecule has 0 aliphatic carbocycles. The number of nitrogens with zero attached hydrogens (tertiary/aromatic N) is 1. The molecule has 0 atom stereocenters. The molecule has 1 aliphatic heterocycles. The van der Waals surface area contributed by atoms with Gasteiger partial charge in [0.05, 0.1) is 6.54 Å². The fraction of sp³-hybridized carbons (Fsp3) is 0.278. The zero-order chi connectivity index (χ0) is 15.4. The van der Waals surface area contributed by atoms with Crippen molar-refractivity contribution in [2.24, 2.45) is 0 Å². The Labute approximate surface area is 131 Å². The number of hydrogen-bond donors (Lipinski definition) is 2. The van der Waals surface area contributed by atoms with E-state index in [0.717, 1.165) is 31.0 Å². The quantitative estimate of drug-likeness (QED) is 0.914. The Morgan fingerprint density at radius 3 is 2.77 bits per heavy atom. The number of anilines is 2. The highest BCUT2D eigenvalue weighted by Crippen LogP contribution is 2.21. The Balaban J connectivity index is 1.69. The van der Waals surface area contributed by atoms with Crippen LogP contribution in [0.15, 0.2) is 48.5 Å². The lowest BCUT2D eigenvalue weighted by Crippen LogP contribution is -2.36. The van der Waals surface area contributed by atoms with Crippen molar-refractivity contribution in [1.29, 1.82) is 0 Å². The minimum absolute atomic E-state index is 0.0144. The largest absolute Gasteiger partial charge is 0.361 e. The molecule has 1 amide bonds. The van der Waals surface area contributed by atoms with Gasteiger partial charge in [0.15, 0.2) is 0 Å². The fourth-order valence-electron chi connectivity index (χ4n) is 2.70. The van der Waals surface area contributed by atoms with Crippen molar-refractivity contribution in [2.75, 3.05) is 29.9 Å². The van der Waals surface area contributed by atoms with Crippen molar-refractivity contribution >= 4 is 17.3 Å². The van der Waals surface area contributed by atoms with Crippen molar-refractivity contribution in [2.45, 2.75) is 13.5 Å². The van der Waals surface area contributed by atoms with E-state index in [0.29, 0.717) is 6.54 Å². The van der Waals surface area contributed by atoms with Crippen LogP contribution < -0.4 is 15.5 Å². The summed E-state index contributed by atoms with van der Waals surface area (Å²) in [6.07, 6.45) is 0. The minimum atomic E-state index is 0.0144. The van der Waals surface area contributed by atoms with Crippen LogP contribution in [-0.4, -0.2) is 25.5 Å². The summed E-state index contributed by atoms with van der Waals surface area (Å²) in [5.74, 6) is 0.0144. The van der Waals surface area contributed by atoms with Gasteiger partial charge in [-0.05, 0) is 30.7 Å². The maximum absolute atomic E-state index is 12.3. The fourth-order valence-corrected chi connectivity index (χ4v) is 2.70. The smallest absolute Gasteiger partial charge is 0.243 e. The van der Waals surface area contributed by atoms with Gasteiger partial charge in [-0.3, -0.25) is 4.79 Å². The zero-order valence-electron chi connectivity index (χ0n) is 12.8. The van der Waals surface area contributed by atoms with Crippen molar-refractivity contribution in [3.05, 3.63) is 59.7 Å². The first-order valence-corrected chi connectivity index (χ1v) is 7.62. The molecule has 3 rings (SSSR count). The second-order valence-corrected chi connectivity index (χ2v) is 5.64. The van der Waals surface area contributed by atoms with Crippen LogP contribution in [0.5, 0.6) is 0 Å². The minimum Gasteiger partial charge on any atom is -0.361 e. The maximum Gasteiger partial charge on any atom is 0.243 e. The molecule has 0 unspecified atom stereocenters. The summed E-state index contributed by atoms with van der Waals surface area (Å²) in [5.41, 5.74) is 4.41. The number of rotatable bonds is 3. The molecule has 0 fully saturated rings. The van der Waals surface area contributed by atoms with Crippen LogP contribution in [0.25, 0.3) is 0 Å². The van der Waals surface area contributed by atoms with Gasteiger partial charge in [-0.1, -0.05) is 35.9 Å². The number of aryl methyl sites for hydroxylation is 1. The monoisotopic (exact) mass is 295 g/mol. The Morgan fingerprint density at radius 2 is 1.95 bits per heavy atom. The molecule has 0 radical (unpaired) electrons. The number of nitrogens with one attached hydrogen (secondary N) is 2. The van der Waals surface area contributed by atoms with E-state index in [1.807, 2.05) is 43.3 Å². The van der Waals surface area contributed by atoms with Crippen LogP contribution in [0.3, 0.4) is 0 Å². The molecule has 114 valence electrons. The third-order valence-electron chi connectivity index (χ3n) is 3.88. The van der Waals surface area contributed by atoms with Crippen molar-refractivity contribution in [3.63, 3.8) is 0 Å². The highest BCUT2D eigenvalue weighted by atomic mass is 16.2. The zero-order valence-corrected chi connectivity index (χ0v) is 12.8. The summed E-state index contributed by atoms with van der Waals surface area (Å²) in [6.45, 7) is 4.97. The molecule has 2 aromatic rings. The molecule has 2 N–H and O–H groups in total. The van der Waals surface area contributed by atoms with Gasteiger partial charge in [-0.2, -0.15) is 0 Å². The Kier molecular flexibility index (Phi) is 4.39. The summed E-state index contributed by atoms with van der Waals surface area (Å²) in [5, 5.41) is 6.36. The molecule has 0 aromatic heterocycles. The Bertz CT molecular complexity index is 652. The van der Waals surface area contributed by atoms with Crippen LogP contribution in [0, 0.1) is 6.92 Å². The van der Waals surface area contributed by atoms with E-state index in [1.165, 1.54) is 11.1 Å². The van der Waals surface area contributed by atoms with Crippen LogP contribution >= 0.6 is 0 Å².